The van der Waals surface area contributed by atoms with Crippen molar-refractivity contribution in [2.24, 2.45) is 17.8 Å². The Bertz CT molecular complexity index is 417. The van der Waals surface area contributed by atoms with Gasteiger partial charge in [0.05, 0.1) is 0 Å². The van der Waals surface area contributed by atoms with Gasteiger partial charge in [0.15, 0.2) is 0 Å². The van der Waals surface area contributed by atoms with Gasteiger partial charge in [-0.15, -0.1) is 0 Å². The molecule has 0 spiro atoms. The van der Waals surface area contributed by atoms with E-state index >= 15 is 0 Å². The molecule has 1 amide bonds. The van der Waals surface area contributed by atoms with Crippen molar-refractivity contribution in [2.75, 3.05) is 26.2 Å². The molecule has 0 atom stereocenters. The Morgan fingerprint density at radius 1 is 0.917 bits per heavy atom. The van der Waals surface area contributed by atoms with Gasteiger partial charge in [-0.05, 0) is 38.0 Å². The molecule has 4 heteroatoms. The minimum atomic E-state index is 0.173. The number of carbonyl (C=O) groups excluding carboxylic acids is 2. The average Bonchev–Trinajstić information content (AvgIpc) is 2.59. The highest BCUT2D eigenvalue weighted by Crippen LogP contribution is 2.30. The summed E-state index contributed by atoms with van der Waals surface area (Å²) in [6.45, 7) is 12.1. The first-order valence-corrected chi connectivity index (χ1v) is 9.94. The summed E-state index contributed by atoms with van der Waals surface area (Å²) in [6.07, 6.45) is 6.08. The van der Waals surface area contributed by atoms with Gasteiger partial charge in [-0.1, -0.05) is 27.7 Å². The van der Waals surface area contributed by atoms with Crippen LogP contribution in [0.2, 0.25) is 0 Å². The van der Waals surface area contributed by atoms with E-state index in [1.165, 1.54) is 0 Å². The van der Waals surface area contributed by atoms with Gasteiger partial charge in [0.2, 0.25) is 5.91 Å². The Hall–Kier alpha value is -0.900. The molecule has 4 nitrogen and oxygen atoms in total. The SMILES string of the molecule is CC(C)CCC(=O)N1CCN(C2CCC(C(=O)C(C)C)CC2)CC1. The lowest BCUT2D eigenvalue weighted by atomic mass is 9.80. The second-order valence-corrected chi connectivity index (χ2v) is 8.41. The molecule has 1 saturated carbocycles. The third kappa shape index (κ3) is 5.30. The highest BCUT2D eigenvalue weighted by Gasteiger charge is 2.32. The summed E-state index contributed by atoms with van der Waals surface area (Å²) >= 11 is 0. The maximum Gasteiger partial charge on any atom is 0.222 e. The van der Waals surface area contributed by atoms with Crippen molar-refractivity contribution >= 4 is 11.7 Å². The van der Waals surface area contributed by atoms with E-state index in [0.717, 1.165) is 58.3 Å². The molecular weight excluding hydrogens is 300 g/mol. The van der Waals surface area contributed by atoms with E-state index < -0.39 is 0 Å². The molecule has 2 aliphatic rings. The van der Waals surface area contributed by atoms with E-state index in [1.54, 1.807) is 0 Å². The second kappa shape index (κ2) is 8.98. The Balaban J connectivity index is 1.72. The largest absolute Gasteiger partial charge is 0.340 e. The molecule has 24 heavy (non-hydrogen) atoms. The molecule has 0 radical (unpaired) electrons. The normalized spacial score (nSPS) is 26.2. The Morgan fingerprint density at radius 3 is 2.00 bits per heavy atom. The number of ketones is 1. The van der Waals surface area contributed by atoms with Crippen LogP contribution >= 0.6 is 0 Å². The molecule has 0 unspecified atom stereocenters. The number of nitrogens with zero attached hydrogens (tertiary/aromatic N) is 2. The minimum absolute atomic E-state index is 0.173. The van der Waals surface area contributed by atoms with Crippen LogP contribution in [0.3, 0.4) is 0 Å². The van der Waals surface area contributed by atoms with Gasteiger partial charge in [0.25, 0.3) is 0 Å². The lowest BCUT2D eigenvalue weighted by Crippen LogP contribution is -2.52. The topological polar surface area (TPSA) is 40.6 Å². The smallest absolute Gasteiger partial charge is 0.222 e. The first-order valence-electron chi connectivity index (χ1n) is 9.94. The van der Waals surface area contributed by atoms with Crippen LogP contribution in [0.25, 0.3) is 0 Å². The maximum absolute atomic E-state index is 12.2. The van der Waals surface area contributed by atoms with Crippen molar-refractivity contribution in [1.29, 1.82) is 0 Å². The Kier molecular flexibility index (Phi) is 7.27. The lowest BCUT2D eigenvalue weighted by molar-refractivity contribution is -0.134. The van der Waals surface area contributed by atoms with Crippen LogP contribution < -0.4 is 0 Å². The first kappa shape index (κ1) is 19.4. The molecule has 0 aromatic rings. The van der Waals surface area contributed by atoms with Crippen molar-refractivity contribution in [1.82, 2.24) is 9.80 Å². The van der Waals surface area contributed by atoms with Crippen molar-refractivity contribution < 1.29 is 9.59 Å². The molecule has 1 aliphatic heterocycles. The van der Waals surface area contributed by atoms with Crippen molar-refractivity contribution in [3.63, 3.8) is 0 Å². The van der Waals surface area contributed by atoms with Crippen LogP contribution in [-0.2, 0) is 9.59 Å². The maximum atomic E-state index is 12.2. The number of hydrogen-bond donors (Lipinski definition) is 0. The summed E-state index contributed by atoms with van der Waals surface area (Å²) in [5, 5.41) is 0. The molecule has 0 aromatic carbocycles. The van der Waals surface area contributed by atoms with Crippen molar-refractivity contribution in [3.05, 3.63) is 0 Å². The van der Waals surface area contributed by atoms with Gasteiger partial charge in [0.1, 0.15) is 5.78 Å². The van der Waals surface area contributed by atoms with E-state index in [9.17, 15) is 9.59 Å². The fourth-order valence-corrected chi connectivity index (χ4v) is 4.10. The molecular formula is C20H36N2O2. The molecule has 1 aliphatic carbocycles. The molecule has 2 rings (SSSR count). The molecule has 1 saturated heterocycles. The summed E-state index contributed by atoms with van der Waals surface area (Å²) in [4.78, 5) is 29.0. The van der Waals surface area contributed by atoms with Crippen LogP contribution in [0.4, 0.5) is 0 Å². The monoisotopic (exact) mass is 336 g/mol. The number of Topliss-reactive ketones (excluding diaryl/α,β-unsaturated/α-hetero) is 1. The molecule has 138 valence electrons. The molecule has 1 heterocycles. The standard InChI is InChI=1S/C20H36N2O2/c1-15(2)5-10-19(23)22-13-11-21(12-14-22)18-8-6-17(7-9-18)20(24)16(3)4/h15-18H,5-14H2,1-4H3. The van der Waals surface area contributed by atoms with Crippen LogP contribution in [0.1, 0.15) is 66.2 Å². The average molecular weight is 337 g/mol. The fourth-order valence-electron chi connectivity index (χ4n) is 4.10. The highest BCUT2D eigenvalue weighted by atomic mass is 16.2. The zero-order chi connectivity index (χ0) is 17.7. The van der Waals surface area contributed by atoms with Gasteiger partial charge in [-0.25, -0.2) is 0 Å². The summed E-state index contributed by atoms with van der Waals surface area (Å²) in [5.74, 6) is 1.84. The number of carbonyl (C=O) groups is 2. The summed E-state index contributed by atoms with van der Waals surface area (Å²) < 4.78 is 0. The molecule has 0 aromatic heterocycles. The van der Waals surface area contributed by atoms with Crippen LogP contribution in [0, 0.1) is 17.8 Å². The second-order valence-electron chi connectivity index (χ2n) is 8.41. The van der Waals surface area contributed by atoms with Gasteiger partial charge < -0.3 is 4.90 Å². The van der Waals surface area contributed by atoms with Crippen LogP contribution in [-0.4, -0.2) is 53.7 Å². The fraction of sp³-hybridized carbons (Fsp3) is 0.900. The van der Waals surface area contributed by atoms with Crippen LogP contribution in [0.15, 0.2) is 0 Å². The predicted octanol–water partition coefficient (Wildman–Crippen LogP) is 3.35. The number of amides is 1. The van der Waals surface area contributed by atoms with Gasteiger partial charge in [0, 0.05) is 50.5 Å². The lowest BCUT2D eigenvalue weighted by Gasteiger charge is -2.42. The van der Waals surface area contributed by atoms with Gasteiger partial charge >= 0.3 is 0 Å². The van der Waals surface area contributed by atoms with Crippen molar-refractivity contribution in [3.8, 4) is 0 Å². The minimum Gasteiger partial charge on any atom is -0.340 e. The quantitative estimate of drug-likeness (QED) is 0.747. The van der Waals surface area contributed by atoms with Gasteiger partial charge in [-0.2, -0.15) is 0 Å². The highest BCUT2D eigenvalue weighted by molar-refractivity contribution is 5.82. The third-order valence-electron chi connectivity index (χ3n) is 5.79. The molecule has 0 bridgehead atoms. The van der Waals surface area contributed by atoms with E-state index in [0.29, 0.717) is 36.0 Å². The number of rotatable bonds is 6. The van der Waals surface area contributed by atoms with E-state index in [2.05, 4.69) is 18.7 Å². The van der Waals surface area contributed by atoms with Crippen molar-refractivity contribution in [2.45, 2.75) is 72.3 Å². The van der Waals surface area contributed by atoms with E-state index in [4.69, 9.17) is 0 Å². The number of piperazine rings is 1. The summed E-state index contributed by atoms with van der Waals surface area (Å²) in [5.41, 5.74) is 0. The van der Waals surface area contributed by atoms with E-state index in [-0.39, 0.29) is 5.92 Å². The third-order valence-corrected chi connectivity index (χ3v) is 5.79. The van der Waals surface area contributed by atoms with Crippen LogP contribution in [0.5, 0.6) is 0 Å². The van der Waals surface area contributed by atoms with E-state index in [1.807, 2.05) is 18.7 Å². The first-order chi connectivity index (χ1) is 11.4. The van der Waals surface area contributed by atoms with Gasteiger partial charge in [-0.3, -0.25) is 14.5 Å². The number of hydrogen-bond acceptors (Lipinski definition) is 3. The predicted molar refractivity (Wildman–Crippen MR) is 97.8 cm³/mol. The Morgan fingerprint density at radius 2 is 1.50 bits per heavy atom. The zero-order valence-corrected chi connectivity index (χ0v) is 16.1. The molecule has 2 fully saturated rings. The Labute approximate surface area is 148 Å². The molecule has 0 N–H and O–H groups in total. The zero-order valence-electron chi connectivity index (χ0n) is 16.1. The summed E-state index contributed by atoms with van der Waals surface area (Å²) in [6, 6.07) is 0.620. The summed E-state index contributed by atoms with van der Waals surface area (Å²) in [7, 11) is 0.